The molecule has 40 heavy (non-hydrogen) atoms. The lowest BCUT2D eigenvalue weighted by atomic mass is 9.99. The topological polar surface area (TPSA) is 63.6 Å². The second-order valence-electron chi connectivity index (χ2n) is 12.0. The van der Waals surface area contributed by atoms with Crippen LogP contribution in [-0.2, 0) is 14.3 Å². The van der Waals surface area contributed by atoms with Gasteiger partial charge in [-0.25, -0.2) is 0 Å². The number of unbranched alkanes of at least 4 members (excludes halogenated alkanes) is 21. The van der Waals surface area contributed by atoms with Crippen molar-refractivity contribution in [2.45, 2.75) is 206 Å². The van der Waals surface area contributed by atoms with E-state index in [-0.39, 0.29) is 12.1 Å². The first-order valence-electron chi connectivity index (χ1n) is 17.6. The van der Waals surface area contributed by atoms with Crippen molar-refractivity contribution in [3.63, 3.8) is 0 Å². The number of aldehydes is 1. The van der Waals surface area contributed by atoms with Crippen molar-refractivity contribution in [2.24, 2.45) is 0 Å². The molecule has 4 heteroatoms. The maximum atomic E-state index is 12.6. The van der Waals surface area contributed by atoms with Crippen LogP contribution >= 0.6 is 0 Å². The smallest absolute Gasteiger partial charge is 0.306 e. The molecule has 0 heterocycles. The minimum Gasteiger partial charge on any atom is -0.460 e. The lowest BCUT2D eigenvalue weighted by molar-refractivity contribution is -0.156. The molecule has 0 rings (SSSR count). The summed E-state index contributed by atoms with van der Waals surface area (Å²) in [7, 11) is 0. The molecule has 2 unspecified atom stereocenters. The average Bonchev–Trinajstić information content (AvgIpc) is 2.95. The Morgan fingerprint density at radius 3 is 1.52 bits per heavy atom. The lowest BCUT2D eigenvalue weighted by Crippen LogP contribution is -2.31. The average molecular weight is 565 g/mol. The molecular formula is C36H68O4. The summed E-state index contributed by atoms with van der Waals surface area (Å²) < 4.78 is 5.83. The molecule has 4 nitrogen and oxygen atoms in total. The van der Waals surface area contributed by atoms with Crippen LogP contribution in [0.25, 0.3) is 0 Å². The van der Waals surface area contributed by atoms with Gasteiger partial charge in [-0.1, -0.05) is 135 Å². The number of ether oxygens (including phenoxy) is 1. The zero-order chi connectivity index (χ0) is 29.4. The van der Waals surface area contributed by atoms with E-state index in [1.54, 1.807) is 0 Å². The van der Waals surface area contributed by atoms with E-state index in [9.17, 15) is 14.7 Å². The highest BCUT2D eigenvalue weighted by Crippen LogP contribution is 2.19. The number of aliphatic hydroxyl groups is 1. The summed E-state index contributed by atoms with van der Waals surface area (Å²) >= 11 is 0. The number of hydrogen-bond donors (Lipinski definition) is 1. The maximum absolute atomic E-state index is 12.6. The summed E-state index contributed by atoms with van der Waals surface area (Å²) in [5.41, 5.74) is 0. The molecule has 1 N–H and O–H groups in total. The van der Waals surface area contributed by atoms with Gasteiger partial charge >= 0.3 is 5.97 Å². The largest absolute Gasteiger partial charge is 0.460 e. The van der Waals surface area contributed by atoms with Crippen LogP contribution in [0.5, 0.6) is 0 Å². The fraction of sp³-hybridized carbons (Fsp3) is 0.889. The number of allylic oxidation sites excluding steroid dienone is 2. The molecule has 0 amide bonds. The first kappa shape index (κ1) is 38.8. The Kier molecular flexibility index (Phi) is 31.4. The van der Waals surface area contributed by atoms with Gasteiger partial charge in [-0.3, -0.25) is 4.79 Å². The van der Waals surface area contributed by atoms with Gasteiger partial charge in [0.1, 0.15) is 12.4 Å². The molecule has 2 atom stereocenters. The van der Waals surface area contributed by atoms with Crippen molar-refractivity contribution in [3.8, 4) is 0 Å². The van der Waals surface area contributed by atoms with Crippen molar-refractivity contribution in [1.82, 2.24) is 0 Å². The zero-order valence-electron chi connectivity index (χ0n) is 26.9. The first-order chi connectivity index (χ1) is 19.7. The number of hydrogen-bond acceptors (Lipinski definition) is 4. The summed E-state index contributed by atoms with van der Waals surface area (Å²) in [4.78, 5) is 23.0. The van der Waals surface area contributed by atoms with E-state index in [1.807, 2.05) is 0 Å². The Labute approximate surface area is 249 Å². The molecular weight excluding hydrogens is 496 g/mol. The third-order valence-electron chi connectivity index (χ3n) is 8.02. The standard InChI is InChI=1S/C36H68O4/c1-3-5-7-9-11-12-13-14-15-16-17-18-19-24-28-32-36(39)40-35(31-27-23-10-8-6-4-2)34(38)30-26-22-20-21-25-29-33-37/h14-15,33-35,38H,3-13,16-32H2,1-2H3/b15-14-. The van der Waals surface area contributed by atoms with Crippen LogP contribution in [0.1, 0.15) is 194 Å². The highest BCUT2D eigenvalue weighted by Gasteiger charge is 2.22. The van der Waals surface area contributed by atoms with Gasteiger partial charge in [0.25, 0.3) is 0 Å². The van der Waals surface area contributed by atoms with Crippen molar-refractivity contribution in [3.05, 3.63) is 12.2 Å². The minimum atomic E-state index is -0.566. The number of carbonyl (C=O) groups is 2. The van der Waals surface area contributed by atoms with Gasteiger partial charge in [-0.05, 0) is 57.8 Å². The third kappa shape index (κ3) is 28.4. The van der Waals surface area contributed by atoms with Crippen molar-refractivity contribution >= 4 is 12.3 Å². The first-order valence-corrected chi connectivity index (χ1v) is 17.6. The van der Waals surface area contributed by atoms with Crippen LogP contribution < -0.4 is 0 Å². The molecule has 0 aliphatic carbocycles. The van der Waals surface area contributed by atoms with E-state index >= 15 is 0 Å². The third-order valence-corrected chi connectivity index (χ3v) is 8.02. The predicted molar refractivity (Wildman–Crippen MR) is 172 cm³/mol. The van der Waals surface area contributed by atoms with E-state index in [0.29, 0.717) is 19.3 Å². The van der Waals surface area contributed by atoms with Crippen molar-refractivity contribution in [1.29, 1.82) is 0 Å². The van der Waals surface area contributed by atoms with E-state index in [1.165, 1.54) is 96.3 Å². The van der Waals surface area contributed by atoms with Gasteiger partial charge in [0.15, 0.2) is 0 Å². The Bertz CT molecular complexity index is 559. The molecule has 0 aliphatic heterocycles. The second kappa shape index (κ2) is 32.4. The summed E-state index contributed by atoms with van der Waals surface area (Å²) in [5, 5.41) is 10.8. The lowest BCUT2D eigenvalue weighted by Gasteiger charge is -2.23. The van der Waals surface area contributed by atoms with Crippen LogP contribution in [0.3, 0.4) is 0 Å². The van der Waals surface area contributed by atoms with E-state index < -0.39 is 6.10 Å². The highest BCUT2D eigenvalue weighted by molar-refractivity contribution is 5.69. The SMILES string of the molecule is CCCCCCCC/C=C\CCCCCCCC(=O)OC(CCCCCCCC)C(O)CCCCCCCC=O. The van der Waals surface area contributed by atoms with Crippen LogP contribution in [-0.4, -0.2) is 29.6 Å². The van der Waals surface area contributed by atoms with Crippen LogP contribution in [0, 0.1) is 0 Å². The highest BCUT2D eigenvalue weighted by atomic mass is 16.6. The molecule has 0 saturated heterocycles. The molecule has 0 fully saturated rings. The number of carbonyl (C=O) groups excluding carboxylic acids is 2. The summed E-state index contributed by atoms with van der Waals surface area (Å²) in [6, 6.07) is 0. The van der Waals surface area contributed by atoms with Crippen LogP contribution in [0.2, 0.25) is 0 Å². The van der Waals surface area contributed by atoms with E-state index in [4.69, 9.17) is 4.74 Å². The van der Waals surface area contributed by atoms with Gasteiger partial charge in [-0.2, -0.15) is 0 Å². The van der Waals surface area contributed by atoms with Crippen LogP contribution in [0.15, 0.2) is 12.2 Å². The maximum Gasteiger partial charge on any atom is 0.306 e. The Balaban J connectivity index is 4.05. The van der Waals surface area contributed by atoms with Gasteiger partial charge in [-0.15, -0.1) is 0 Å². The summed E-state index contributed by atoms with van der Waals surface area (Å²) in [6.45, 7) is 4.49. The minimum absolute atomic E-state index is 0.137. The normalized spacial score (nSPS) is 13.1. The van der Waals surface area contributed by atoms with Crippen molar-refractivity contribution < 1.29 is 19.4 Å². The number of rotatable bonds is 32. The van der Waals surface area contributed by atoms with Crippen molar-refractivity contribution in [2.75, 3.05) is 0 Å². The fourth-order valence-corrected chi connectivity index (χ4v) is 5.32. The molecule has 0 spiro atoms. The summed E-state index contributed by atoms with van der Waals surface area (Å²) in [5.74, 6) is -0.137. The summed E-state index contributed by atoms with van der Waals surface area (Å²) in [6.07, 6.45) is 35.8. The number of aliphatic hydroxyl groups excluding tert-OH is 1. The monoisotopic (exact) mass is 565 g/mol. The Morgan fingerprint density at radius 2 is 1.00 bits per heavy atom. The van der Waals surface area contributed by atoms with Gasteiger partial charge in [0.05, 0.1) is 6.10 Å². The molecule has 0 aromatic heterocycles. The van der Waals surface area contributed by atoms with E-state index in [0.717, 1.165) is 70.5 Å². The predicted octanol–water partition coefficient (Wildman–Crippen LogP) is 11.0. The number of esters is 1. The Hall–Kier alpha value is -1.16. The Morgan fingerprint density at radius 1 is 0.575 bits per heavy atom. The molecule has 0 saturated carbocycles. The quantitative estimate of drug-likeness (QED) is 0.0382. The van der Waals surface area contributed by atoms with Gasteiger partial charge < -0.3 is 14.6 Å². The van der Waals surface area contributed by atoms with E-state index in [2.05, 4.69) is 26.0 Å². The molecule has 0 aromatic carbocycles. The molecule has 0 aliphatic rings. The molecule has 0 bridgehead atoms. The molecule has 236 valence electrons. The molecule has 0 radical (unpaired) electrons. The zero-order valence-corrected chi connectivity index (χ0v) is 26.9. The molecule has 0 aromatic rings. The van der Waals surface area contributed by atoms with Gasteiger partial charge in [0.2, 0.25) is 0 Å². The fourth-order valence-electron chi connectivity index (χ4n) is 5.32. The second-order valence-corrected chi connectivity index (χ2v) is 12.0. The van der Waals surface area contributed by atoms with Crippen LogP contribution in [0.4, 0.5) is 0 Å². The van der Waals surface area contributed by atoms with Gasteiger partial charge in [0, 0.05) is 12.8 Å².